The molecule has 0 spiro atoms. The first-order valence-electron chi connectivity index (χ1n) is 6.55. The zero-order valence-corrected chi connectivity index (χ0v) is 11.0. The summed E-state index contributed by atoms with van der Waals surface area (Å²) in [5, 5.41) is 8.14. The van der Waals surface area contributed by atoms with E-state index in [0.717, 1.165) is 31.7 Å². The van der Waals surface area contributed by atoms with Crippen LogP contribution in [0.2, 0.25) is 0 Å². The quantitative estimate of drug-likeness (QED) is 0.850. The molecule has 1 aliphatic rings. The Labute approximate surface area is 103 Å². The smallest absolute Gasteiger partial charge is 0.0797 e. The van der Waals surface area contributed by atoms with Crippen molar-refractivity contribution >= 4 is 0 Å². The van der Waals surface area contributed by atoms with E-state index in [-0.39, 0.29) is 0 Å². The summed E-state index contributed by atoms with van der Waals surface area (Å²) in [7, 11) is 1.97. The minimum Gasteiger partial charge on any atom is -0.378 e. The van der Waals surface area contributed by atoms with Crippen LogP contribution in [0.3, 0.4) is 0 Å². The lowest BCUT2D eigenvalue weighted by atomic mass is 9.94. The van der Waals surface area contributed by atoms with E-state index in [9.17, 15) is 0 Å². The third kappa shape index (κ3) is 3.07. The van der Waals surface area contributed by atoms with Gasteiger partial charge in [-0.15, -0.1) is 0 Å². The summed E-state index contributed by atoms with van der Waals surface area (Å²) in [4.78, 5) is 0. The second-order valence-corrected chi connectivity index (χ2v) is 4.99. The van der Waals surface area contributed by atoms with Crippen molar-refractivity contribution in [1.82, 2.24) is 15.1 Å². The molecule has 1 N–H and O–H groups in total. The molecule has 2 rings (SSSR count). The van der Waals surface area contributed by atoms with E-state index in [2.05, 4.69) is 30.3 Å². The second-order valence-electron chi connectivity index (χ2n) is 4.99. The van der Waals surface area contributed by atoms with Gasteiger partial charge in [0.05, 0.1) is 24.4 Å². The maximum atomic E-state index is 5.68. The summed E-state index contributed by atoms with van der Waals surface area (Å²) in [6.45, 7) is 6.22. The molecule has 1 aromatic heterocycles. The van der Waals surface area contributed by atoms with Crippen LogP contribution in [-0.2, 0) is 11.8 Å². The molecule has 0 aliphatic carbocycles. The molecule has 1 saturated heterocycles. The molecule has 0 radical (unpaired) electrons. The van der Waals surface area contributed by atoms with Crippen molar-refractivity contribution in [3.05, 3.63) is 18.0 Å². The fraction of sp³-hybridized carbons (Fsp3) is 0.769. The van der Waals surface area contributed by atoms with Gasteiger partial charge in [0, 0.05) is 19.2 Å². The average molecular weight is 237 g/mol. The van der Waals surface area contributed by atoms with Crippen molar-refractivity contribution in [2.45, 2.75) is 38.8 Å². The van der Waals surface area contributed by atoms with E-state index in [1.165, 1.54) is 0 Å². The minimum atomic E-state index is 0.334. The number of aryl methyl sites for hydroxylation is 1. The summed E-state index contributed by atoms with van der Waals surface area (Å²) >= 11 is 0. The standard InChI is InChI=1S/C13H23N3O/c1-4-6-14-13(11-8-10(2)17-9-11)12-5-7-16(3)15-12/h5,7,10-11,13-14H,4,6,8-9H2,1-3H3. The Hall–Kier alpha value is -0.870. The summed E-state index contributed by atoms with van der Waals surface area (Å²) in [5.41, 5.74) is 1.14. The number of aromatic nitrogens is 2. The zero-order valence-electron chi connectivity index (χ0n) is 11.0. The van der Waals surface area contributed by atoms with Gasteiger partial charge in [-0.25, -0.2) is 0 Å². The van der Waals surface area contributed by atoms with Crippen molar-refractivity contribution in [2.24, 2.45) is 13.0 Å². The number of ether oxygens (including phenoxy) is 1. The largest absolute Gasteiger partial charge is 0.378 e. The third-order valence-electron chi connectivity index (χ3n) is 3.37. The van der Waals surface area contributed by atoms with Gasteiger partial charge in [-0.3, -0.25) is 4.68 Å². The molecule has 0 saturated carbocycles. The topological polar surface area (TPSA) is 39.1 Å². The summed E-state index contributed by atoms with van der Waals surface area (Å²) in [6, 6.07) is 2.44. The number of nitrogens with zero attached hydrogens (tertiary/aromatic N) is 2. The summed E-state index contributed by atoms with van der Waals surface area (Å²) in [5.74, 6) is 0.548. The van der Waals surface area contributed by atoms with Gasteiger partial charge in [-0.2, -0.15) is 5.10 Å². The van der Waals surface area contributed by atoms with Crippen LogP contribution in [-0.4, -0.2) is 29.0 Å². The summed E-state index contributed by atoms with van der Waals surface area (Å²) < 4.78 is 7.55. The molecule has 1 fully saturated rings. The van der Waals surface area contributed by atoms with Crippen molar-refractivity contribution in [1.29, 1.82) is 0 Å². The summed E-state index contributed by atoms with van der Waals surface area (Å²) in [6.07, 6.45) is 4.66. The lowest BCUT2D eigenvalue weighted by Crippen LogP contribution is -2.30. The Morgan fingerprint density at radius 3 is 3.00 bits per heavy atom. The molecule has 4 heteroatoms. The molecule has 2 heterocycles. The maximum Gasteiger partial charge on any atom is 0.0797 e. The lowest BCUT2D eigenvalue weighted by molar-refractivity contribution is 0.116. The van der Waals surface area contributed by atoms with E-state index < -0.39 is 0 Å². The lowest BCUT2D eigenvalue weighted by Gasteiger charge is -2.22. The average Bonchev–Trinajstić information content (AvgIpc) is 2.89. The van der Waals surface area contributed by atoms with Gasteiger partial charge < -0.3 is 10.1 Å². The Balaban J connectivity index is 2.07. The number of rotatable bonds is 5. The maximum absolute atomic E-state index is 5.68. The Kier molecular flexibility index (Phi) is 4.18. The van der Waals surface area contributed by atoms with Gasteiger partial charge in [0.1, 0.15) is 0 Å². The van der Waals surface area contributed by atoms with E-state index in [1.807, 2.05) is 17.9 Å². The van der Waals surface area contributed by atoms with Gasteiger partial charge in [0.2, 0.25) is 0 Å². The normalized spacial score (nSPS) is 26.3. The van der Waals surface area contributed by atoms with Crippen LogP contribution in [0.5, 0.6) is 0 Å². The van der Waals surface area contributed by atoms with E-state index in [0.29, 0.717) is 18.1 Å². The second kappa shape index (κ2) is 5.65. The van der Waals surface area contributed by atoms with Crippen molar-refractivity contribution in [2.75, 3.05) is 13.2 Å². The van der Waals surface area contributed by atoms with E-state index in [4.69, 9.17) is 4.74 Å². The first kappa shape index (κ1) is 12.6. The van der Waals surface area contributed by atoms with Gasteiger partial charge in [0.15, 0.2) is 0 Å². The molecule has 17 heavy (non-hydrogen) atoms. The number of hydrogen-bond acceptors (Lipinski definition) is 3. The molecule has 3 unspecified atom stereocenters. The fourth-order valence-electron chi connectivity index (χ4n) is 2.49. The molecular weight excluding hydrogens is 214 g/mol. The third-order valence-corrected chi connectivity index (χ3v) is 3.37. The molecule has 0 amide bonds. The van der Waals surface area contributed by atoms with E-state index in [1.54, 1.807) is 0 Å². The minimum absolute atomic E-state index is 0.334. The molecule has 4 nitrogen and oxygen atoms in total. The van der Waals surface area contributed by atoms with Crippen molar-refractivity contribution < 1.29 is 4.74 Å². The molecule has 1 aliphatic heterocycles. The van der Waals surface area contributed by atoms with Crippen LogP contribution in [0.15, 0.2) is 12.3 Å². The molecular formula is C13H23N3O. The van der Waals surface area contributed by atoms with Crippen LogP contribution >= 0.6 is 0 Å². The van der Waals surface area contributed by atoms with Gasteiger partial charge in [-0.05, 0) is 32.4 Å². The highest BCUT2D eigenvalue weighted by Gasteiger charge is 2.31. The zero-order chi connectivity index (χ0) is 12.3. The van der Waals surface area contributed by atoms with Crippen molar-refractivity contribution in [3.8, 4) is 0 Å². The van der Waals surface area contributed by atoms with Gasteiger partial charge in [0.25, 0.3) is 0 Å². The first-order chi connectivity index (χ1) is 8.20. The van der Waals surface area contributed by atoms with Crippen molar-refractivity contribution in [3.63, 3.8) is 0 Å². The molecule has 1 aromatic rings. The van der Waals surface area contributed by atoms with Gasteiger partial charge >= 0.3 is 0 Å². The van der Waals surface area contributed by atoms with Crippen LogP contribution in [0, 0.1) is 5.92 Å². The van der Waals surface area contributed by atoms with Crippen LogP contribution in [0.4, 0.5) is 0 Å². The highest BCUT2D eigenvalue weighted by atomic mass is 16.5. The predicted molar refractivity (Wildman–Crippen MR) is 67.8 cm³/mol. The fourth-order valence-corrected chi connectivity index (χ4v) is 2.49. The number of nitrogens with one attached hydrogen (secondary N) is 1. The Morgan fingerprint density at radius 2 is 2.47 bits per heavy atom. The monoisotopic (exact) mass is 237 g/mol. The number of hydrogen-bond donors (Lipinski definition) is 1. The SMILES string of the molecule is CCCNC(c1ccn(C)n1)C1COC(C)C1. The molecule has 96 valence electrons. The molecule has 0 aromatic carbocycles. The first-order valence-corrected chi connectivity index (χ1v) is 6.55. The highest BCUT2D eigenvalue weighted by Crippen LogP contribution is 2.30. The van der Waals surface area contributed by atoms with Gasteiger partial charge in [-0.1, -0.05) is 6.92 Å². The highest BCUT2D eigenvalue weighted by molar-refractivity contribution is 5.08. The molecule has 0 bridgehead atoms. The molecule has 3 atom stereocenters. The van der Waals surface area contributed by atoms with E-state index >= 15 is 0 Å². The Bertz CT molecular complexity index is 350. The Morgan fingerprint density at radius 1 is 1.65 bits per heavy atom. The van der Waals surface area contributed by atoms with Crippen LogP contribution in [0.1, 0.15) is 38.4 Å². The predicted octanol–water partition coefficient (Wildman–Crippen LogP) is 1.89. The van der Waals surface area contributed by atoms with Crippen LogP contribution < -0.4 is 5.32 Å². The van der Waals surface area contributed by atoms with Crippen LogP contribution in [0.25, 0.3) is 0 Å².